The molecule has 1 amide bonds. The number of ether oxygens (including phenoxy) is 1. The number of benzene rings is 4. The fraction of sp³-hybridized carbons (Fsp3) is 0.133. The zero-order chi connectivity index (χ0) is 25.0. The van der Waals surface area contributed by atoms with Gasteiger partial charge in [-0.05, 0) is 92.1 Å². The Morgan fingerprint density at radius 3 is 2.39 bits per heavy atom. The van der Waals surface area contributed by atoms with Gasteiger partial charge in [-0.3, -0.25) is 4.79 Å². The molecule has 3 aromatic heterocycles. The molecule has 3 N–H and O–H groups in total. The third-order valence-electron chi connectivity index (χ3n) is 6.68. The second-order valence-corrected chi connectivity index (χ2v) is 9.26. The van der Waals surface area contributed by atoms with E-state index in [9.17, 15) is 4.79 Å². The van der Waals surface area contributed by atoms with E-state index in [1.165, 1.54) is 0 Å². The highest BCUT2D eigenvalue weighted by Gasteiger charge is 2.19. The van der Waals surface area contributed by atoms with Crippen LogP contribution < -0.4 is 15.8 Å². The first-order valence-corrected chi connectivity index (χ1v) is 11.8. The average Bonchev–Trinajstić information content (AvgIpc) is 3.40. The van der Waals surface area contributed by atoms with Gasteiger partial charge in [-0.25, -0.2) is 4.98 Å². The Hall–Kier alpha value is -4.58. The minimum absolute atomic E-state index is 0.154. The molecule has 0 spiro atoms. The van der Waals surface area contributed by atoms with E-state index in [1.807, 2.05) is 87.5 Å². The second kappa shape index (κ2) is 8.27. The molecule has 0 aliphatic heterocycles. The number of aryl methyl sites for hydroxylation is 3. The van der Waals surface area contributed by atoms with Crippen LogP contribution in [0.5, 0.6) is 11.5 Å². The van der Waals surface area contributed by atoms with E-state index in [0.29, 0.717) is 17.9 Å². The molecule has 0 aliphatic rings. The van der Waals surface area contributed by atoms with Gasteiger partial charge in [0.1, 0.15) is 28.5 Å². The van der Waals surface area contributed by atoms with Gasteiger partial charge in [0.25, 0.3) is 5.91 Å². The smallest absolute Gasteiger partial charge is 0.251 e. The number of amides is 1. The van der Waals surface area contributed by atoms with E-state index in [1.54, 1.807) is 0 Å². The van der Waals surface area contributed by atoms with Crippen LogP contribution in [0.3, 0.4) is 0 Å². The maximum Gasteiger partial charge on any atom is 0.251 e. The molecule has 3 aromatic carbocycles. The summed E-state index contributed by atoms with van der Waals surface area (Å²) in [4.78, 5) is 17.3. The van der Waals surface area contributed by atoms with E-state index in [4.69, 9.17) is 14.9 Å². The molecule has 0 atom stereocenters. The normalized spacial score (nSPS) is 11.5. The molecule has 0 unspecified atom stereocenters. The molecule has 0 radical (unpaired) electrons. The lowest BCUT2D eigenvalue weighted by molar-refractivity contribution is 0.0951. The summed E-state index contributed by atoms with van der Waals surface area (Å²) in [5, 5.41) is 6.93. The summed E-state index contributed by atoms with van der Waals surface area (Å²) in [7, 11) is 0. The van der Waals surface area contributed by atoms with Crippen LogP contribution in [0.1, 0.15) is 32.7 Å². The van der Waals surface area contributed by atoms with Gasteiger partial charge in [0.05, 0.1) is 0 Å². The van der Waals surface area contributed by atoms with Crippen LogP contribution in [0.15, 0.2) is 71.1 Å². The van der Waals surface area contributed by atoms with Crippen molar-refractivity contribution in [2.75, 3.05) is 5.73 Å². The van der Waals surface area contributed by atoms with Crippen LogP contribution in [-0.2, 0) is 6.54 Å². The number of furan rings is 2. The van der Waals surface area contributed by atoms with E-state index in [-0.39, 0.29) is 5.91 Å². The molecular weight excluding hydrogens is 450 g/mol. The fourth-order valence-electron chi connectivity index (χ4n) is 4.90. The minimum atomic E-state index is -0.154. The number of fused-ring (bicyclic) bond motifs is 8. The van der Waals surface area contributed by atoms with E-state index < -0.39 is 0 Å². The van der Waals surface area contributed by atoms with Gasteiger partial charge in [-0.2, -0.15) is 0 Å². The van der Waals surface area contributed by atoms with Crippen molar-refractivity contribution < 1.29 is 13.9 Å². The summed E-state index contributed by atoms with van der Waals surface area (Å²) in [5.74, 6) is 1.86. The van der Waals surface area contributed by atoms with Crippen molar-refractivity contribution in [3.8, 4) is 11.5 Å². The fourth-order valence-corrected chi connectivity index (χ4v) is 4.90. The zero-order valence-corrected chi connectivity index (χ0v) is 20.3. The first-order chi connectivity index (χ1) is 17.4. The number of nitrogens with two attached hydrogens (primary N) is 1. The molecule has 2 bridgehead atoms. The number of anilines is 1. The summed E-state index contributed by atoms with van der Waals surface area (Å²) in [6, 6.07) is 21.4. The van der Waals surface area contributed by atoms with E-state index in [0.717, 1.165) is 66.6 Å². The lowest BCUT2D eigenvalue weighted by Crippen LogP contribution is -2.24. The van der Waals surface area contributed by atoms with Gasteiger partial charge in [0, 0.05) is 39.3 Å². The van der Waals surface area contributed by atoms with Crippen molar-refractivity contribution >= 4 is 44.4 Å². The Kier molecular flexibility index (Phi) is 5.04. The highest BCUT2D eigenvalue weighted by atomic mass is 16.5. The Morgan fingerprint density at radius 2 is 1.61 bits per heavy atom. The minimum Gasteiger partial charge on any atom is -0.457 e. The molecule has 0 saturated carbocycles. The van der Waals surface area contributed by atoms with Crippen LogP contribution in [0.4, 0.5) is 5.82 Å². The zero-order valence-electron chi connectivity index (χ0n) is 20.3. The first-order valence-electron chi connectivity index (χ1n) is 11.8. The first kappa shape index (κ1) is 21.9. The van der Waals surface area contributed by atoms with E-state index in [2.05, 4.69) is 10.3 Å². The van der Waals surface area contributed by atoms with Gasteiger partial charge in [-0.1, -0.05) is 12.1 Å². The van der Waals surface area contributed by atoms with Crippen molar-refractivity contribution in [3.05, 3.63) is 94.7 Å². The molecule has 0 fully saturated rings. The summed E-state index contributed by atoms with van der Waals surface area (Å²) in [6.45, 7) is 6.29. The summed E-state index contributed by atoms with van der Waals surface area (Å²) < 4.78 is 12.3. The molecule has 6 heteroatoms. The van der Waals surface area contributed by atoms with Gasteiger partial charge >= 0.3 is 0 Å². The van der Waals surface area contributed by atoms with E-state index >= 15 is 0 Å². The lowest BCUT2D eigenvalue weighted by atomic mass is 10.0. The van der Waals surface area contributed by atoms with Crippen molar-refractivity contribution in [3.63, 3.8) is 0 Å². The van der Waals surface area contributed by atoms with Gasteiger partial charge < -0.3 is 20.2 Å². The topological polar surface area (TPSA) is 90.4 Å². The van der Waals surface area contributed by atoms with Crippen molar-refractivity contribution in [1.29, 1.82) is 0 Å². The monoisotopic (exact) mass is 475 g/mol. The molecule has 6 rings (SSSR count). The molecule has 0 saturated heterocycles. The highest BCUT2D eigenvalue weighted by Crippen LogP contribution is 2.42. The number of pyridine rings is 1. The number of nitrogen functional groups attached to an aromatic ring is 1. The molecular formula is C30H25N3O3. The number of carbonyl (C=O) groups excluding carboxylic acids is 1. The van der Waals surface area contributed by atoms with Crippen LogP contribution in [0.25, 0.3) is 32.7 Å². The second-order valence-electron chi connectivity index (χ2n) is 9.26. The standard InChI is InChI=1S/C30H25N3O3/c1-16-5-4-6-20(11-16)35-21-8-10-23-25(14-21)29-24-13-19(7-9-22(24)28(23)36-29)30(34)32-15-26-17(2)12-27(31)33-18(26)3/h4-14H,15H2,1-3H3,(H2,31,33)(H,32,34). The van der Waals surface area contributed by atoms with Crippen LogP contribution in [-0.4, -0.2) is 10.9 Å². The molecule has 178 valence electrons. The number of nitrogens with one attached hydrogen (secondary N) is 1. The number of carbonyl (C=O) groups is 1. The number of rotatable bonds is 5. The summed E-state index contributed by atoms with van der Waals surface area (Å²) in [6.07, 6.45) is 0. The van der Waals surface area contributed by atoms with Gasteiger partial charge in [-0.15, -0.1) is 0 Å². The Labute approximate surface area is 208 Å². The van der Waals surface area contributed by atoms with Gasteiger partial charge in [0.15, 0.2) is 0 Å². The summed E-state index contributed by atoms with van der Waals surface area (Å²) in [5.41, 5.74) is 11.9. The number of hydrogen-bond acceptors (Lipinski definition) is 5. The molecule has 36 heavy (non-hydrogen) atoms. The van der Waals surface area contributed by atoms with Crippen LogP contribution in [0, 0.1) is 20.8 Å². The van der Waals surface area contributed by atoms with Crippen molar-refractivity contribution in [1.82, 2.24) is 10.3 Å². The summed E-state index contributed by atoms with van der Waals surface area (Å²) >= 11 is 0. The predicted molar refractivity (Wildman–Crippen MR) is 143 cm³/mol. The quantitative estimate of drug-likeness (QED) is 0.268. The Morgan fingerprint density at radius 1 is 0.889 bits per heavy atom. The maximum atomic E-state index is 13.0. The van der Waals surface area contributed by atoms with Crippen molar-refractivity contribution in [2.24, 2.45) is 0 Å². The van der Waals surface area contributed by atoms with Crippen LogP contribution >= 0.6 is 0 Å². The largest absolute Gasteiger partial charge is 0.457 e. The molecule has 0 aliphatic carbocycles. The van der Waals surface area contributed by atoms with Gasteiger partial charge in [0.2, 0.25) is 0 Å². The van der Waals surface area contributed by atoms with Crippen molar-refractivity contribution in [2.45, 2.75) is 27.3 Å². The number of nitrogens with zero attached hydrogens (tertiary/aromatic N) is 1. The highest BCUT2D eigenvalue weighted by molar-refractivity contribution is 6.26. The molecule has 6 aromatic rings. The van der Waals surface area contributed by atoms with Crippen LogP contribution in [0.2, 0.25) is 0 Å². The Bertz CT molecular complexity index is 1760. The molecule has 6 nitrogen and oxygen atoms in total. The third kappa shape index (κ3) is 3.67. The lowest BCUT2D eigenvalue weighted by Gasteiger charge is -2.11. The Balaban J connectivity index is 1.31. The third-order valence-corrected chi connectivity index (χ3v) is 6.68. The number of aromatic nitrogens is 1. The SMILES string of the molecule is Cc1cccc(Oc2ccc3c(c2)c2oc3c3ccc(C(=O)NCc4c(C)cc(N)nc4C)cc32)c1. The average molecular weight is 476 g/mol. The number of hydrogen-bond donors (Lipinski definition) is 2. The maximum absolute atomic E-state index is 13.0. The molecule has 3 heterocycles. The predicted octanol–water partition coefficient (Wildman–Crippen LogP) is 6.80.